The van der Waals surface area contributed by atoms with E-state index < -0.39 is 0 Å². The van der Waals surface area contributed by atoms with Crippen LogP contribution in [0.4, 0.5) is 0 Å². The van der Waals surface area contributed by atoms with E-state index in [0.717, 1.165) is 5.57 Å². The molecule has 0 unspecified atom stereocenters. The maximum absolute atomic E-state index is 6.74. The minimum Gasteiger partial charge on any atom is -0.309 e. The zero-order chi connectivity index (χ0) is 7.28. The summed E-state index contributed by atoms with van der Waals surface area (Å²) >= 11 is 2.24. The molecule has 0 atom stereocenters. The number of nitrogens with one attached hydrogen (secondary N) is 1. The summed E-state index contributed by atoms with van der Waals surface area (Å²) in [5, 5.41) is 6.74. The van der Waals surface area contributed by atoms with Gasteiger partial charge in [0.05, 0.1) is 0 Å². The fraction of sp³-hybridized carbons (Fsp3) is 0.286. The molecule has 0 aliphatic carbocycles. The molecule has 0 saturated carbocycles. The van der Waals surface area contributed by atoms with Crippen LogP contribution < -0.4 is 0 Å². The van der Waals surface area contributed by atoms with Crippen LogP contribution in [-0.4, -0.2) is 6.21 Å². The Labute approximate surface area is 69.5 Å². The van der Waals surface area contributed by atoms with E-state index in [9.17, 15) is 0 Å². The fourth-order valence-electron chi connectivity index (χ4n) is 0.493. The molecule has 0 spiro atoms. The molecule has 0 radical (unpaired) electrons. The first-order valence-electron chi connectivity index (χ1n) is 2.68. The molecule has 0 aliphatic rings. The van der Waals surface area contributed by atoms with Crippen molar-refractivity contribution in [1.82, 2.24) is 0 Å². The first-order chi connectivity index (χ1) is 4.16. The molecule has 0 amide bonds. The third kappa shape index (κ3) is 5.76. The smallest absolute Gasteiger partial charge is 0.0180 e. The Kier molecular flexibility index (Phi) is 4.67. The standard InChI is InChI=1S/C7H10IN/c1-6(3-4-9)5-7(2)8/h3-5,9H,1-2H3/b6-3-,7-5+,9-4?. The fourth-order valence-corrected chi connectivity index (χ4v) is 0.984. The largest absolute Gasteiger partial charge is 0.309 e. The van der Waals surface area contributed by atoms with E-state index in [-0.39, 0.29) is 0 Å². The lowest BCUT2D eigenvalue weighted by molar-refractivity contribution is 1.50. The minimum absolute atomic E-state index is 1.12. The van der Waals surface area contributed by atoms with Crippen LogP contribution in [0.1, 0.15) is 13.8 Å². The molecule has 0 bridgehead atoms. The Bertz CT molecular complexity index is 152. The van der Waals surface area contributed by atoms with Crippen molar-refractivity contribution in [2.45, 2.75) is 13.8 Å². The van der Waals surface area contributed by atoms with Gasteiger partial charge in [-0.25, -0.2) is 0 Å². The van der Waals surface area contributed by atoms with Crippen molar-refractivity contribution in [1.29, 1.82) is 5.41 Å². The van der Waals surface area contributed by atoms with E-state index >= 15 is 0 Å². The van der Waals surface area contributed by atoms with Crippen molar-refractivity contribution >= 4 is 28.8 Å². The van der Waals surface area contributed by atoms with Gasteiger partial charge in [-0.05, 0) is 51.7 Å². The van der Waals surface area contributed by atoms with Crippen molar-refractivity contribution in [3.8, 4) is 0 Å². The summed E-state index contributed by atoms with van der Waals surface area (Å²) in [4.78, 5) is 0. The molecule has 1 N–H and O–H groups in total. The Morgan fingerprint density at radius 2 is 2.00 bits per heavy atom. The van der Waals surface area contributed by atoms with E-state index in [2.05, 4.69) is 22.6 Å². The molecule has 0 aliphatic heterocycles. The number of hydrogen-bond donors (Lipinski definition) is 1. The first-order valence-corrected chi connectivity index (χ1v) is 3.76. The predicted molar refractivity (Wildman–Crippen MR) is 50.3 cm³/mol. The SMILES string of the molecule is CC(=C/C=N)/C=C(\C)I. The third-order valence-corrected chi connectivity index (χ3v) is 1.08. The maximum atomic E-state index is 6.74. The predicted octanol–water partition coefficient (Wildman–Crippen LogP) is 2.92. The van der Waals surface area contributed by atoms with Gasteiger partial charge in [0.25, 0.3) is 0 Å². The highest BCUT2D eigenvalue weighted by molar-refractivity contribution is 14.1. The summed E-state index contributed by atoms with van der Waals surface area (Å²) in [5.41, 5.74) is 1.12. The molecule has 0 aromatic rings. The van der Waals surface area contributed by atoms with Gasteiger partial charge in [-0.3, -0.25) is 0 Å². The molecule has 0 rings (SSSR count). The van der Waals surface area contributed by atoms with Crippen LogP contribution in [0.3, 0.4) is 0 Å². The molecule has 0 aromatic heterocycles. The van der Waals surface area contributed by atoms with Crippen LogP contribution in [-0.2, 0) is 0 Å². The lowest BCUT2D eigenvalue weighted by atomic mass is 10.3. The van der Waals surface area contributed by atoms with Gasteiger partial charge in [0, 0.05) is 6.21 Å². The van der Waals surface area contributed by atoms with Crippen LogP contribution in [0.5, 0.6) is 0 Å². The molecule has 1 nitrogen and oxygen atoms in total. The van der Waals surface area contributed by atoms with Crippen LogP contribution >= 0.6 is 22.6 Å². The highest BCUT2D eigenvalue weighted by Gasteiger charge is 1.80. The number of hydrogen-bond acceptors (Lipinski definition) is 1. The molecule has 0 aromatic carbocycles. The number of allylic oxidation sites excluding steroid dienone is 4. The second kappa shape index (κ2) is 4.73. The molecule has 0 heterocycles. The lowest BCUT2D eigenvalue weighted by Gasteiger charge is -1.87. The number of halogens is 1. The van der Waals surface area contributed by atoms with Crippen molar-refractivity contribution in [2.24, 2.45) is 0 Å². The van der Waals surface area contributed by atoms with E-state index in [1.165, 1.54) is 9.79 Å². The topological polar surface area (TPSA) is 23.9 Å². The second-order valence-electron chi connectivity index (χ2n) is 1.81. The summed E-state index contributed by atoms with van der Waals surface area (Å²) in [5.74, 6) is 0. The van der Waals surface area contributed by atoms with Crippen LogP contribution in [0.25, 0.3) is 0 Å². The van der Waals surface area contributed by atoms with Crippen molar-refractivity contribution in [2.75, 3.05) is 0 Å². The first kappa shape index (κ1) is 8.88. The van der Waals surface area contributed by atoms with Crippen LogP contribution in [0, 0.1) is 5.41 Å². The minimum atomic E-state index is 1.12. The quantitative estimate of drug-likeness (QED) is 0.432. The van der Waals surface area contributed by atoms with Crippen molar-refractivity contribution in [3.05, 3.63) is 21.3 Å². The number of rotatable bonds is 2. The van der Waals surface area contributed by atoms with Crippen LogP contribution in [0.2, 0.25) is 0 Å². The molecule has 0 saturated heterocycles. The Balaban J connectivity index is 4.05. The van der Waals surface area contributed by atoms with Gasteiger partial charge in [0.15, 0.2) is 0 Å². The zero-order valence-electron chi connectivity index (χ0n) is 5.61. The summed E-state index contributed by atoms with van der Waals surface area (Å²) in [7, 11) is 0. The van der Waals surface area contributed by atoms with Gasteiger partial charge < -0.3 is 5.41 Å². The van der Waals surface area contributed by atoms with E-state index in [1.807, 2.05) is 19.9 Å². The molecule has 2 heteroatoms. The highest BCUT2D eigenvalue weighted by atomic mass is 127. The van der Waals surface area contributed by atoms with Gasteiger partial charge in [-0.15, -0.1) is 0 Å². The molecule has 0 fully saturated rings. The summed E-state index contributed by atoms with van der Waals surface area (Å²) < 4.78 is 1.24. The molecule has 9 heavy (non-hydrogen) atoms. The van der Waals surface area contributed by atoms with Gasteiger partial charge in [-0.1, -0.05) is 6.08 Å². The van der Waals surface area contributed by atoms with E-state index in [4.69, 9.17) is 5.41 Å². The van der Waals surface area contributed by atoms with Crippen molar-refractivity contribution < 1.29 is 0 Å². The summed E-state index contributed by atoms with van der Waals surface area (Å²) in [6, 6.07) is 0. The molecular formula is C7H10IN. The average Bonchev–Trinajstić information content (AvgIpc) is 1.63. The highest BCUT2D eigenvalue weighted by Crippen LogP contribution is 2.06. The van der Waals surface area contributed by atoms with Crippen molar-refractivity contribution in [3.63, 3.8) is 0 Å². The monoisotopic (exact) mass is 235 g/mol. The Morgan fingerprint density at radius 3 is 2.33 bits per heavy atom. The Morgan fingerprint density at radius 1 is 1.44 bits per heavy atom. The van der Waals surface area contributed by atoms with Gasteiger partial charge in [0.2, 0.25) is 0 Å². The molecule has 50 valence electrons. The summed E-state index contributed by atoms with van der Waals surface area (Å²) in [6.07, 6.45) is 5.10. The normalized spacial score (nSPS) is 13.7. The maximum Gasteiger partial charge on any atom is 0.0180 e. The van der Waals surface area contributed by atoms with Crippen LogP contribution in [0.15, 0.2) is 21.3 Å². The van der Waals surface area contributed by atoms with Gasteiger partial charge in [-0.2, -0.15) is 0 Å². The van der Waals surface area contributed by atoms with Gasteiger partial charge >= 0.3 is 0 Å². The zero-order valence-corrected chi connectivity index (χ0v) is 7.77. The molecular weight excluding hydrogens is 225 g/mol. The average molecular weight is 235 g/mol. The lowest BCUT2D eigenvalue weighted by Crippen LogP contribution is -1.69. The third-order valence-electron chi connectivity index (χ3n) is 0.773. The second-order valence-corrected chi connectivity index (χ2v) is 3.51. The van der Waals surface area contributed by atoms with E-state index in [1.54, 1.807) is 6.08 Å². The summed E-state index contributed by atoms with van der Waals surface area (Å²) in [6.45, 7) is 4.01. The van der Waals surface area contributed by atoms with Gasteiger partial charge in [0.1, 0.15) is 0 Å². The Hall–Kier alpha value is -0.120. The van der Waals surface area contributed by atoms with E-state index in [0.29, 0.717) is 0 Å².